The molecule has 0 saturated heterocycles. The molecule has 0 fully saturated rings. The van der Waals surface area contributed by atoms with Crippen LogP contribution in [-0.2, 0) is 6.42 Å². The van der Waals surface area contributed by atoms with Gasteiger partial charge in [-0.15, -0.1) is 11.6 Å². The third kappa shape index (κ3) is 3.28. The standard InChI is InChI=1S/C15H13BrCl2/c1-10-13(3-2-4-14(10)16)15(18)9-11-5-7-12(17)8-6-11/h2-8,15H,9H2,1H3. The second-order valence-corrected chi connectivity index (χ2v) is 6.07. The van der Waals surface area contributed by atoms with Crippen molar-refractivity contribution in [2.45, 2.75) is 18.7 Å². The number of hydrogen-bond donors (Lipinski definition) is 0. The zero-order chi connectivity index (χ0) is 13.1. The summed E-state index contributed by atoms with van der Waals surface area (Å²) in [6.45, 7) is 2.08. The minimum Gasteiger partial charge on any atom is -0.117 e. The predicted molar refractivity (Wildman–Crippen MR) is 82.6 cm³/mol. The molecule has 1 atom stereocenters. The van der Waals surface area contributed by atoms with Crippen molar-refractivity contribution in [3.63, 3.8) is 0 Å². The third-order valence-electron chi connectivity index (χ3n) is 2.98. The van der Waals surface area contributed by atoms with Crippen LogP contribution in [0, 0.1) is 6.92 Å². The highest BCUT2D eigenvalue weighted by Gasteiger charge is 2.12. The second-order valence-electron chi connectivity index (χ2n) is 4.25. The molecular weight excluding hydrogens is 331 g/mol. The summed E-state index contributed by atoms with van der Waals surface area (Å²) < 4.78 is 1.10. The quantitative estimate of drug-likeness (QED) is 0.605. The first kappa shape index (κ1) is 13.9. The highest BCUT2D eigenvalue weighted by Crippen LogP contribution is 2.31. The van der Waals surface area contributed by atoms with Crippen LogP contribution in [0.25, 0.3) is 0 Å². The number of hydrogen-bond acceptors (Lipinski definition) is 0. The summed E-state index contributed by atoms with van der Waals surface area (Å²) in [5, 5.41) is 0.729. The van der Waals surface area contributed by atoms with Crippen molar-refractivity contribution >= 4 is 39.1 Å². The second kappa shape index (κ2) is 6.10. The fourth-order valence-electron chi connectivity index (χ4n) is 1.90. The molecule has 0 aliphatic carbocycles. The van der Waals surface area contributed by atoms with Gasteiger partial charge in [0.25, 0.3) is 0 Å². The van der Waals surface area contributed by atoms with E-state index in [1.54, 1.807) is 0 Å². The molecule has 0 radical (unpaired) electrons. The summed E-state index contributed by atoms with van der Waals surface area (Å²) in [5.74, 6) is 0. The van der Waals surface area contributed by atoms with Crippen LogP contribution in [0.2, 0.25) is 5.02 Å². The van der Waals surface area contributed by atoms with Gasteiger partial charge in [0, 0.05) is 9.50 Å². The van der Waals surface area contributed by atoms with Gasteiger partial charge in [0.1, 0.15) is 0 Å². The fraction of sp³-hybridized carbons (Fsp3) is 0.200. The first-order valence-electron chi connectivity index (χ1n) is 5.71. The van der Waals surface area contributed by atoms with E-state index in [1.165, 1.54) is 16.7 Å². The Morgan fingerprint density at radius 3 is 2.44 bits per heavy atom. The normalized spacial score (nSPS) is 12.4. The Labute approximate surface area is 126 Å². The van der Waals surface area contributed by atoms with Gasteiger partial charge in [0.05, 0.1) is 5.38 Å². The largest absolute Gasteiger partial charge is 0.117 e. The fourth-order valence-corrected chi connectivity index (χ4v) is 2.82. The molecule has 0 amide bonds. The summed E-state index contributed by atoms with van der Waals surface area (Å²) in [6, 6.07) is 14.0. The van der Waals surface area contributed by atoms with Crippen molar-refractivity contribution < 1.29 is 0 Å². The van der Waals surface area contributed by atoms with Crippen molar-refractivity contribution in [2.75, 3.05) is 0 Å². The van der Waals surface area contributed by atoms with Crippen molar-refractivity contribution in [1.29, 1.82) is 0 Å². The molecule has 0 nitrogen and oxygen atoms in total. The average Bonchev–Trinajstić information content (AvgIpc) is 2.35. The molecule has 0 N–H and O–H groups in total. The van der Waals surface area contributed by atoms with E-state index in [4.69, 9.17) is 23.2 Å². The number of halogens is 3. The molecule has 2 rings (SSSR count). The van der Waals surface area contributed by atoms with Crippen LogP contribution in [0.3, 0.4) is 0 Å². The van der Waals surface area contributed by atoms with Gasteiger partial charge >= 0.3 is 0 Å². The minimum atomic E-state index is -0.0244. The molecule has 3 heteroatoms. The van der Waals surface area contributed by atoms with E-state index < -0.39 is 0 Å². The summed E-state index contributed by atoms with van der Waals surface area (Å²) >= 11 is 15.9. The van der Waals surface area contributed by atoms with Crippen molar-refractivity contribution in [3.05, 3.63) is 68.7 Å². The van der Waals surface area contributed by atoms with E-state index in [9.17, 15) is 0 Å². The average molecular weight is 344 g/mol. The Morgan fingerprint density at radius 1 is 1.11 bits per heavy atom. The Kier molecular flexibility index (Phi) is 4.71. The van der Waals surface area contributed by atoms with Gasteiger partial charge in [-0.2, -0.15) is 0 Å². The maximum absolute atomic E-state index is 6.50. The van der Waals surface area contributed by atoms with Gasteiger partial charge < -0.3 is 0 Å². The molecule has 0 aliphatic heterocycles. The number of alkyl halides is 1. The van der Waals surface area contributed by atoms with E-state index in [2.05, 4.69) is 28.9 Å². The van der Waals surface area contributed by atoms with E-state index in [1.807, 2.05) is 36.4 Å². The highest BCUT2D eigenvalue weighted by molar-refractivity contribution is 9.10. The number of rotatable bonds is 3. The molecular formula is C15H13BrCl2. The maximum atomic E-state index is 6.50. The first-order valence-corrected chi connectivity index (χ1v) is 7.32. The molecule has 2 aromatic rings. The van der Waals surface area contributed by atoms with E-state index in [-0.39, 0.29) is 5.38 Å². The smallest absolute Gasteiger partial charge is 0.0628 e. The highest BCUT2D eigenvalue weighted by atomic mass is 79.9. The molecule has 0 spiro atoms. The molecule has 0 bridgehead atoms. The zero-order valence-corrected chi connectivity index (χ0v) is 13.1. The molecule has 0 saturated carbocycles. The first-order chi connectivity index (χ1) is 8.58. The molecule has 0 aromatic heterocycles. The van der Waals surface area contributed by atoms with Crippen LogP contribution in [0.4, 0.5) is 0 Å². The summed E-state index contributed by atoms with van der Waals surface area (Å²) in [4.78, 5) is 0. The SMILES string of the molecule is Cc1c(Br)cccc1C(Cl)Cc1ccc(Cl)cc1. The van der Waals surface area contributed by atoms with E-state index >= 15 is 0 Å². The summed E-state index contributed by atoms with van der Waals surface area (Å²) in [6.07, 6.45) is 0.802. The van der Waals surface area contributed by atoms with E-state index in [0.717, 1.165) is 15.9 Å². The van der Waals surface area contributed by atoms with Crippen LogP contribution in [0.1, 0.15) is 22.1 Å². The van der Waals surface area contributed by atoms with Crippen LogP contribution >= 0.6 is 39.1 Å². The van der Waals surface area contributed by atoms with Crippen molar-refractivity contribution in [2.24, 2.45) is 0 Å². The summed E-state index contributed by atoms with van der Waals surface area (Å²) in [5.41, 5.74) is 3.56. The Hall–Kier alpha value is -0.500. The lowest BCUT2D eigenvalue weighted by atomic mass is 10.0. The molecule has 0 heterocycles. The van der Waals surface area contributed by atoms with Gasteiger partial charge in [0.2, 0.25) is 0 Å². The van der Waals surface area contributed by atoms with E-state index in [0.29, 0.717) is 0 Å². The van der Waals surface area contributed by atoms with Crippen LogP contribution in [-0.4, -0.2) is 0 Å². The molecule has 0 aliphatic rings. The van der Waals surface area contributed by atoms with Crippen molar-refractivity contribution in [3.8, 4) is 0 Å². The van der Waals surface area contributed by atoms with Crippen molar-refractivity contribution in [1.82, 2.24) is 0 Å². The molecule has 18 heavy (non-hydrogen) atoms. The lowest BCUT2D eigenvalue weighted by Crippen LogP contribution is -1.98. The van der Waals surface area contributed by atoms with Gasteiger partial charge in [-0.25, -0.2) is 0 Å². The third-order valence-corrected chi connectivity index (χ3v) is 4.48. The maximum Gasteiger partial charge on any atom is 0.0628 e. The number of benzene rings is 2. The zero-order valence-electron chi connectivity index (χ0n) is 9.96. The Balaban J connectivity index is 2.19. The lowest BCUT2D eigenvalue weighted by molar-refractivity contribution is 0.908. The van der Waals surface area contributed by atoms with Gasteiger partial charge in [0.15, 0.2) is 0 Å². The molecule has 94 valence electrons. The van der Waals surface area contributed by atoms with Gasteiger partial charge in [-0.1, -0.05) is 51.8 Å². The molecule has 2 aromatic carbocycles. The molecule has 1 unspecified atom stereocenters. The Bertz CT molecular complexity index is 535. The van der Waals surface area contributed by atoms with Crippen LogP contribution in [0.5, 0.6) is 0 Å². The summed E-state index contributed by atoms with van der Waals surface area (Å²) in [7, 11) is 0. The Morgan fingerprint density at radius 2 is 1.78 bits per heavy atom. The lowest BCUT2D eigenvalue weighted by Gasteiger charge is -2.14. The van der Waals surface area contributed by atoms with Crippen LogP contribution in [0.15, 0.2) is 46.9 Å². The van der Waals surface area contributed by atoms with Gasteiger partial charge in [-0.3, -0.25) is 0 Å². The topological polar surface area (TPSA) is 0 Å². The minimum absolute atomic E-state index is 0.0244. The van der Waals surface area contributed by atoms with Crippen LogP contribution < -0.4 is 0 Å². The predicted octanol–water partition coefficient (Wildman–Crippen LogP) is 5.93. The monoisotopic (exact) mass is 342 g/mol. The van der Waals surface area contributed by atoms with Gasteiger partial charge in [-0.05, 0) is 48.2 Å².